The standard InChI is InChI=1S/C27H22FN3O3/c1-18-9-11-21(15-24(18)31-27(33)20-6-3-2-4-7-20)26(32)30-16-19-10-12-25(23(28)14-19)34-22-8-5-13-29-17-22/h2-15,17H,16H2,1H3,(H,30,32)(H,31,33). The molecule has 0 aliphatic carbocycles. The van der Waals surface area contributed by atoms with Crippen molar-refractivity contribution in [2.45, 2.75) is 13.5 Å². The maximum atomic E-state index is 14.4. The second-order valence-electron chi connectivity index (χ2n) is 7.59. The Morgan fingerprint density at radius 2 is 1.74 bits per heavy atom. The number of halogens is 1. The third kappa shape index (κ3) is 5.63. The van der Waals surface area contributed by atoms with E-state index in [4.69, 9.17) is 4.74 Å². The van der Waals surface area contributed by atoms with Crippen LogP contribution in [0.4, 0.5) is 10.1 Å². The Kier molecular flexibility index (Phi) is 6.93. The number of ether oxygens (including phenoxy) is 1. The zero-order chi connectivity index (χ0) is 23.9. The molecule has 1 aromatic heterocycles. The van der Waals surface area contributed by atoms with E-state index in [-0.39, 0.29) is 24.1 Å². The van der Waals surface area contributed by atoms with Crippen LogP contribution >= 0.6 is 0 Å². The van der Waals surface area contributed by atoms with E-state index in [0.29, 0.717) is 28.1 Å². The molecule has 34 heavy (non-hydrogen) atoms. The summed E-state index contributed by atoms with van der Waals surface area (Å²) in [5.74, 6) is -0.647. The number of hydrogen-bond acceptors (Lipinski definition) is 4. The topological polar surface area (TPSA) is 80.3 Å². The monoisotopic (exact) mass is 455 g/mol. The van der Waals surface area contributed by atoms with Crippen LogP contribution < -0.4 is 15.4 Å². The molecule has 7 heteroatoms. The molecule has 0 aliphatic heterocycles. The van der Waals surface area contributed by atoms with E-state index in [0.717, 1.165) is 5.56 Å². The van der Waals surface area contributed by atoms with Crippen LogP contribution in [-0.2, 0) is 6.54 Å². The molecule has 2 amide bonds. The minimum absolute atomic E-state index is 0.0698. The average molecular weight is 455 g/mol. The van der Waals surface area contributed by atoms with Crippen molar-refractivity contribution in [2.75, 3.05) is 5.32 Å². The lowest BCUT2D eigenvalue weighted by atomic mass is 10.1. The molecule has 3 aromatic carbocycles. The third-order valence-corrected chi connectivity index (χ3v) is 5.10. The molecule has 0 saturated carbocycles. The van der Waals surface area contributed by atoms with Crippen LogP contribution in [0.25, 0.3) is 0 Å². The normalized spacial score (nSPS) is 10.4. The highest BCUT2D eigenvalue weighted by molar-refractivity contribution is 6.05. The maximum absolute atomic E-state index is 14.4. The first-order chi connectivity index (χ1) is 16.5. The number of rotatable bonds is 7. The zero-order valence-corrected chi connectivity index (χ0v) is 18.4. The lowest BCUT2D eigenvalue weighted by Gasteiger charge is -2.12. The van der Waals surface area contributed by atoms with Crippen molar-refractivity contribution in [3.8, 4) is 11.5 Å². The van der Waals surface area contributed by atoms with E-state index in [1.54, 1.807) is 66.9 Å². The van der Waals surface area contributed by atoms with Gasteiger partial charge >= 0.3 is 0 Å². The summed E-state index contributed by atoms with van der Waals surface area (Å²) in [5.41, 5.74) is 2.85. The number of aromatic nitrogens is 1. The number of pyridine rings is 1. The van der Waals surface area contributed by atoms with Gasteiger partial charge in [-0.1, -0.05) is 30.3 Å². The SMILES string of the molecule is Cc1ccc(C(=O)NCc2ccc(Oc3cccnc3)c(F)c2)cc1NC(=O)c1ccccc1. The molecule has 6 nitrogen and oxygen atoms in total. The van der Waals surface area contributed by atoms with Crippen molar-refractivity contribution < 1.29 is 18.7 Å². The van der Waals surface area contributed by atoms with Gasteiger partial charge in [0.05, 0.1) is 6.20 Å². The Hall–Kier alpha value is -4.52. The maximum Gasteiger partial charge on any atom is 0.255 e. The van der Waals surface area contributed by atoms with E-state index < -0.39 is 5.82 Å². The van der Waals surface area contributed by atoms with Crippen molar-refractivity contribution in [3.63, 3.8) is 0 Å². The summed E-state index contributed by atoms with van der Waals surface area (Å²) in [4.78, 5) is 29.1. The van der Waals surface area contributed by atoms with Crippen LogP contribution in [0, 0.1) is 12.7 Å². The summed E-state index contributed by atoms with van der Waals surface area (Å²) < 4.78 is 19.9. The number of nitrogens with zero attached hydrogens (tertiary/aromatic N) is 1. The van der Waals surface area contributed by atoms with Gasteiger partial charge in [0.15, 0.2) is 11.6 Å². The first-order valence-electron chi connectivity index (χ1n) is 10.6. The van der Waals surface area contributed by atoms with Gasteiger partial charge in [0, 0.05) is 29.6 Å². The quantitative estimate of drug-likeness (QED) is 0.385. The minimum Gasteiger partial charge on any atom is -0.453 e. The molecule has 4 rings (SSSR count). The molecule has 4 aromatic rings. The fourth-order valence-corrected chi connectivity index (χ4v) is 3.24. The number of carbonyl (C=O) groups excluding carboxylic acids is 2. The van der Waals surface area contributed by atoms with Gasteiger partial charge in [-0.05, 0) is 66.6 Å². The minimum atomic E-state index is -0.545. The van der Waals surface area contributed by atoms with E-state index in [9.17, 15) is 14.0 Å². The highest BCUT2D eigenvalue weighted by Crippen LogP contribution is 2.24. The molecule has 0 aliphatic rings. The second kappa shape index (κ2) is 10.4. The first kappa shape index (κ1) is 22.7. The molecular weight excluding hydrogens is 433 g/mol. The molecule has 170 valence electrons. The fourth-order valence-electron chi connectivity index (χ4n) is 3.24. The Morgan fingerprint density at radius 3 is 2.47 bits per heavy atom. The van der Waals surface area contributed by atoms with Crippen LogP contribution in [0.2, 0.25) is 0 Å². The highest BCUT2D eigenvalue weighted by Gasteiger charge is 2.12. The number of aryl methyl sites for hydroxylation is 1. The third-order valence-electron chi connectivity index (χ3n) is 5.10. The van der Waals surface area contributed by atoms with Gasteiger partial charge in [0.25, 0.3) is 11.8 Å². The van der Waals surface area contributed by atoms with Gasteiger partial charge in [-0.25, -0.2) is 4.39 Å². The summed E-state index contributed by atoms with van der Waals surface area (Å²) >= 11 is 0. The van der Waals surface area contributed by atoms with Gasteiger partial charge < -0.3 is 15.4 Å². The largest absolute Gasteiger partial charge is 0.453 e. The number of carbonyl (C=O) groups is 2. The van der Waals surface area contributed by atoms with Crippen molar-refractivity contribution in [3.05, 3.63) is 119 Å². The van der Waals surface area contributed by atoms with Gasteiger partial charge in [-0.3, -0.25) is 14.6 Å². The number of amides is 2. The Bertz CT molecular complexity index is 1310. The van der Waals surface area contributed by atoms with Gasteiger partial charge in [-0.15, -0.1) is 0 Å². The number of hydrogen-bond donors (Lipinski definition) is 2. The summed E-state index contributed by atoms with van der Waals surface area (Å²) in [7, 11) is 0. The highest BCUT2D eigenvalue weighted by atomic mass is 19.1. The predicted molar refractivity (Wildman–Crippen MR) is 127 cm³/mol. The van der Waals surface area contributed by atoms with Gasteiger partial charge in [0.1, 0.15) is 5.75 Å². The van der Waals surface area contributed by atoms with Crippen molar-refractivity contribution >= 4 is 17.5 Å². The summed E-state index contributed by atoms with van der Waals surface area (Å²) in [5, 5.41) is 5.62. The lowest BCUT2D eigenvalue weighted by Crippen LogP contribution is -2.23. The predicted octanol–water partition coefficient (Wildman–Crippen LogP) is 5.50. The van der Waals surface area contributed by atoms with E-state index in [1.165, 1.54) is 18.3 Å². The van der Waals surface area contributed by atoms with Crippen LogP contribution in [0.1, 0.15) is 31.8 Å². The molecule has 0 unspecified atom stereocenters. The lowest BCUT2D eigenvalue weighted by molar-refractivity contribution is 0.0949. The Labute approximate surface area is 196 Å². The first-order valence-corrected chi connectivity index (χ1v) is 10.6. The number of benzene rings is 3. The molecule has 0 fully saturated rings. The molecule has 0 atom stereocenters. The summed E-state index contributed by atoms with van der Waals surface area (Å²) in [6.07, 6.45) is 3.09. The van der Waals surface area contributed by atoms with Gasteiger partial charge in [0.2, 0.25) is 0 Å². The van der Waals surface area contributed by atoms with Crippen molar-refractivity contribution in [2.24, 2.45) is 0 Å². The molecule has 0 spiro atoms. The molecule has 0 saturated heterocycles. The molecular formula is C27H22FN3O3. The smallest absolute Gasteiger partial charge is 0.255 e. The molecule has 1 heterocycles. The van der Waals surface area contributed by atoms with E-state index in [1.807, 2.05) is 13.0 Å². The molecule has 0 radical (unpaired) electrons. The summed E-state index contributed by atoms with van der Waals surface area (Å²) in [6, 6.07) is 21.8. The van der Waals surface area contributed by atoms with Crippen LogP contribution in [0.5, 0.6) is 11.5 Å². The second-order valence-corrected chi connectivity index (χ2v) is 7.59. The molecule has 2 N–H and O–H groups in total. The van der Waals surface area contributed by atoms with Crippen LogP contribution in [0.15, 0.2) is 91.3 Å². The number of nitrogens with one attached hydrogen (secondary N) is 2. The van der Waals surface area contributed by atoms with Crippen molar-refractivity contribution in [1.29, 1.82) is 0 Å². The fraction of sp³-hybridized carbons (Fsp3) is 0.0741. The Morgan fingerprint density at radius 1 is 0.912 bits per heavy atom. The van der Waals surface area contributed by atoms with Crippen LogP contribution in [-0.4, -0.2) is 16.8 Å². The van der Waals surface area contributed by atoms with Crippen molar-refractivity contribution in [1.82, 2.24) is 10.3 Å². The van der Waals surface area contributed by atoms with Gasteiger partial charge in [-0.2, -0.15) is 0 Å². The van der Waals surface area contributed by atoms with E-state index in [2.05, 4.69) is 15.6 Å². The van der Waals surface area contributed by atoms with Crippen LogP contribution in [0.3, 0.4) is 0 Å². The Balaban J connectivity index is 1.39. The average Bonchev–Trinajstić information content (AvgIpc) is 2.86. The van der Waals surface area contributed by atoms with E-state index >= 15 is 0 Å². The molecule has 0 bridgehead atoms. The zero-order valence-electron chi connectivity index (χ0n) is 18.4. The number of anilines is 1. The summed E-state index contributed by atoms with van der Waals surface area (Å²) in [6.45, 7) is 1.97.